The summed E-state index contributed by atoms with van der Waals surface area (Å²) in [5, 5.41) is 21.6. The highest BCUT2D eigenvalue weighted by Gasteiger charge is 2.60. The van der Waals surface area contributed by atoms with Gasteiger partial charge in [0.25, 0.3) is 0 Å². The van der Waals surface area contributed by atoms with E-state index in [9.17, 15) is 10.2 Å². The van der Waals surface area contributed by atoms with Crippen molar-refractivity contribution < 1.29 is 10.2 Å². The number of hydrogen-bond donors (Lipinski definition) is 2. The number of allylic oxidation sites excluding steroid dienone is 3. The van der Waals surface area contributed by atoms with E-state index in [2.05, 4.69) is 32.1 Å². The molecule has 7 atom stereocenters. The van der Waals surface area contributed by atoms with Gasteiger partial charge in [-0.2, -0.15) is 0 Å². The second-order valence-electron chi connectivity index (χ2n) is 9.56. The van der Waals surface area contributed by atoms with Gasteiger partial charge in [-0.3, -0.25) is 0 Å². The Morgan fingerprint density at radius 3 is 2.92 bits per heavy atom. The Balaban J connectivity index is 1.67. The topological polar surface area (TPSA) is 40.5 Å². The van der Waals surface area contributed by atoms with Crippen LogP contribution in [0.3, 0.4) is 0 Å². The summed E-state index contributed by atoms with van der Waals surface area (Å²) in [4.78, 5) is 0. The third kappa shape index (κ3) is 2.44. The zero-order valence-corrected chi connectivity index (χ0v) is 15.4. The highest BCUT2D eigenvalue weighted by molar-refractivity contribution is 5.26. The van der Waals surface area contributed by atoms with Crippen LogP contribution in [0.1, 0.15) is 65.2 Å². The van der Waals surface area contributed by atoms with E-state index in [0.717, 1.165) is 18.8 Å². The molecule has 0 spiro atoms. The Labute approximate surface area is 147 Å². The largest absolute Gasteiger partial charge is 0.396 e. The fourth-order valence-electron chi connectivity index (χ4n) is 7.08. The molecule has 0 radical (unpaired) electrons. The van der Waals surface area contributed by atoms with Crippen LogP contribution in [-0.4, -0.2) is 22.4 Å². The third-order valence-corrected chi connectivity index (χ3v) is 8.36. The maximum Gasteiger partial charge on any atom is 0.0743 e. The Morgan fingerprint density at radius 2 is 2.12 bits per heavy atom. The molecule has 4 rings (SSSR count). The average molecular weight is 331 g/mol. The maximum absolute atomic E-state index is 11.9. The van der Waals surface area contributed by atoms with Gasteiger partial charge in [0.05, 0.1) is 5.60 Å². The molecule has 0 aliphatic heterocycles. The summed E-state index contributed by atoms with van der Waals surface area (Å²) >= 11 is 0. The highest BCUT2D eigenvalue weighted by atomic mass is 16.3. The fraction of sp³-hybridized carbons (Fsp3) is 0.818. The second-order valence-corrected chi connectivity index (χ2v) is 9.56. The molecule has 0 aromatic rings. The van der Waals surface area contributed by atoms with Gasteiger partial charge in [0.15, 0.2) is 0 Å². The molecular formula is C22H34O2. The average Bonchev–Trinajstić information content (AvgIpc) is 2.93. The number of aliphatic hydroxyl groups is 2. The SMILES string of the molecule is CC(CO)[C@H]1CCC2[C@]1(C)CC[C@H]1CC3CC=C/C(=C/C[C@@]21O)C3. The first-order valence-electron chi connectivity index (χ1n) is 10.2. The molecule has 4 aliphatic carbocycles. The van der Waals surface area contributed by atoms with Crippen LogP contribution >= 0.6 is 0 Å². The molecule has 4 aliphatic rings. The Bertz CT molecular complexity index is 550. The van der Waals surface area contributed by atoms with Crippen molar-refractivity contribution in [1.82, 2.24) is 0 Å². The molecule has 2 nitrogen and oxygen atoms in total. The lowest BCUT2D eigenvalue weighted by Gasteiger charge is -2.55. The van der Waals surface area contributed by atoms with Crippen LogP contribution in [0.2, 0.25) is 0 Å². The molecule has 0 aromatic carbocycles. The molecule has 24 heavy (non-hydrogen) atoms. The summed E-state index contributed by atoms with van der Waals surface area (Å²) in [5.74, 6) is 2.52. The van der Waals surface area contributed by atoms with Gasteiger partial charge in [-0.15, -0.1) is 0 Å². The number of hydrogen-bond acceptors (Lipinski definition) is 2. The zero-order chi connectivity index (χ0) is 16.9. The lowest BCUT2D eigenvalue weighted by Crippen LogP contribution is -2.56. The lowest BCUT2D eigenvalue weighted by molar-refractivity contribution is -0.152. The molecule has 0 heterocycles. The zero-order valence-electron chi connectivity index (χ0n) is 15.4. The smallest absolute Gasteiger partial charge is 0.0743 e. The van der Waals surface area contributed by atoms with E-state index in [0.29, 0.717) is 23.7 Å². The van der Waals surface area contributed by atoms with Gasteiger partial charge in [-0.25, -0.2) is 0 Å². The van der Waals surface area contributed by atoms with E-state index < -0.39 is 5.60 Å². The predicted molar refractivity (Wildman–Crippen MR) is 97.4 cm³/mol. The predicted octanol–water partition coefficient (Wildman–Crippen LogP) is 4.47. The number of fused-ring (bicyclic) bond motifs is 5. The molecule has 2 saturated carbocycles. The fourth-order valence-corrected chi connectivity index (χ4v) is 7.08. The van der Waals surface area contributed by atoms with E-state index in [-0.39, 0.29) is 12.0 Å². The van der Waals surface area contributed by atoms with E-state index in [1.807, 2.05) is 0 Å². The van der Waals surface area contributed by atoms with Gasteiger partial charge in [0, 0.05) is 6.61 Å². The summed E-state index contributed by atoms with van der Waals surface area (Å²) in [5.41, 5.74) is 1.13. The first-order valence-corrected chi connectivity index (χ1v) is 10.2. The van der Waals surface area contributed by atoms with Gasteiger partial charge in [0.1, 0.15) is 0 Å². The molecule has 2 N–H and O–H groups in total. The highest BCUT2D eigenvalue weighted by Crippen LogP contribution is 2.64. The van der Waals surface area contributed by atoms with Gasteiger partial charge in [-0.1, -0.05) is 37.6 Å². The van der Waals surface area contributed by atoms with Crippen molar-refractivity contribution in [1.29, 1.82) is 0 Å². The van der Waals surface area contributed by atoms with Crippen molar-refractivity contribution in [3.05, 3.63) is 23.8 Å². The monoisotopic (exact) mass is 330 g/mol. The first-order chi connectivity index (χ1) is 11.5. The van der Waals surface area contributed by atoms with Gasteiger partial charge < -0.3 is 10.2 Å². The summed E-state index contributed by atoms with van der Waals surface area (Å²) < 4.78 is 0. The Kier molecular flexibility index (Phi) is 4.20. The lowest BCUT2D eigenvalue weighted by atomic mass is 9.52. The van der Waals surface area contributed by atoms with Crippen molar-refractivity contribution >= 4 is 0 Å². The minimum absolute atomic E-state index is 0.204. The quantitative estimate of drug-likeness (QED) is 0.784. The Morgan fingerprint density at radius 1 is 1.29 bits per heavy atom. The van der Waals surface area contributed by atoms with Crippen molar-refractivity contribution in [2.24, 2.45) is 35.0 Å². The van der Waals surface area contributed by atoms with Crippen molar-refractivity contribution in [2.45, 2.75) is 70.8 Å². The molecule has 3 unspecified atom stereocenters. The van der Waals surface area contributed by atoms with Crippen LogP contribution in [0, 0.1) is 35.0 Å². The molecule has 0 saturated heterocycles. The van der Waals surface area contributed by atoms with Gasteiger partial charge in [0.2, 0.25) is 0 Å². The van der Waals surface area contributed by atoms with E-state index in [1.54, 1.807) is 0 Å². The standard InChI is InChI=1S/C22H34O2/c1-15(14-23)19-6-7-20-21(19,2)10-9-18-13-17-5-3-4-16(12-17)8-11-22(18,20)24/h3-4,8,15,17-20,23-24H,5-7,9-14H2,1-2H3/b16-8-/t15?,17?,18-,19+,20?,21+,22-/m0/s1. The van der Waals surface area contributed by atoms with E-state index in [1.165, 1.54) is 44.1 Å². The number of aliphatic hydroxyl groups excluding tert-OH is 1. The van der Waals surface area contributed by atoms with E-state index in [4.69, 9.17) is 0 Å². The van der Waals surface area contributed by atoms with E-state index >= 15 is 0 Å². The van der Waals surface area contributed by atoms with Crippen LogP contribution in [0.4, 0.5) is 0 Å². The molecule has 2 bridgehead atoms. The minimum atomic E-state index is -0.522. The van der Waals surface area contributed by atoms with Crippen LogP contribution in [-0.2, 0) is 0 Å². The normalized spacial score (nSPS) is 50.9. The Hall–Kier alpha value is -0.600. The van der Waals surface area contributed by atoms with Crippen molar-refractivity contribution in [3.8, 4) is 0 Å². The molecule has 2 fully saturated rings. The molecule has 0 aromatic heterocycles. The van der Waals surface area contributed by atoms with Crippen molar-refractivity contribution in [2.75, 3.05) is 6.61 Å². The number of rotatable bonds is 2. The third-order valence-electron chi connectivity index (χ3n) is 8.36. The summed E-state index contributed by atoms with van der Waals surface area (Å²) in [6, 6.07) is 0. The van der Waals surface area contributed by atoms with Crippen LogP contribution in [0.5, 0.6) is 0 Å². The molecule has 2 heteroatoms. The van der Waals surface area contributed by atoms with Gasteiger partial charge in [-0.05, 0) is 86.4 Å². The summed E-state index contributed by atoms with van der Waals surface area (Å²) in [6.07, 6.45) is 16.1. The molecule has 134 valence electrons. The summed E-state index contributed by atoms with van der Waals surface area (Å²) in [7, 11) is 0. The van der Waals surface area contributed by atoms with Crippen molar-refractivity contribution in [3.63, 3.8) is 0 Å². The maximum atomic E-state index is 11.9. The van der Waals surface area contributed by atoms with Crippen LogP contribution in [0.15, 0.2) is 23.8 Å². The van der Waals surface area contributed by atoms with Crippen LogP contribution in [0.25, 0.3) is 0 Å². The van der Waals surface area contributed by atoms with Crippen LogP contribution < -0.4 is 0 Å². The first kappa shape index (κ1) is 16.8. The second kappa shape index (κ2) is 5.99. The van der Waals surface area contributed by atoms with Gasteiger partial charge >= 0.3 is 0 Å². The molecule has 0 amide bonds. The summed E-state index contributed by atoms with van der Waals surface area (Å²) in [6.45, 7) is 4.90. The minimum Gasteiger partial charge on any atom is -0.396 e. The molecular weight excluding hydrogens is 296 g/mol.